The number of ether oxygens (including phenoxy) is 3. The van der Waals surface area contributed by atoms with Gasteiger partial charge in [-0.3, -0.25) is 14.4 Å². The predicted octanol–water partition coefficient (Wildman–Crippen LogP) is 23.7. The van der Waals surface area contributed by atoms with E-state index in [4.69, 9.17) is 14.2 Å². The standard InChI is InChI=1S/C73H130O6/c1-4-7-10-13-16-19-22-25-27-28-29-30-31-32-33-34-35-36-37-38-39-40-41-42-43-44-46-48-51-54-57-60-63-66-72(75)78-69-70(68-77-71(74)65-62-59-56-53-50-47-24-21-18-15-12-9-6-3)79-73(76)67-64-61-58-55-52-49-45-26-23-20-17-14-11-8-5-2/h9,12,18,21-22,25,28-29,31-32,47,50,70H,4-8,10-11,13-17,19-20,23-24,26-27,30,33-46,48-49,51-69H2,1-3H3/b12-9-,21-18-,25-22-,29-28-,32-31-,50-47-. The van der Waals surface area contributed by atoms with E-state index in [9.17, 15) is 14.4 Å². The molecule has 0 fully saturated rings. The van der Waals surface area contributed by atoms with E-state index >= 15 is 0 Å². The first-order chi connectivity index (χ1) is 39.0. The summed E-state index contributed by atoms with van der Waals surface area (Å²) >= 11 is 0. The Bertz CT molecular complexity index is 1450. The molecule has 79 heavy (non-hydrogen) atoms. The summed E-state index contributed by atoms with van der Waals surface area (Å²) in [4.78, 5) is 38.3. The molecule has 0 saturated heterocycles. The van der Waals surface area contributed by atoms with Crippen molar-refractivity contribution in [2.24, 2.45) is 0 Å². The van der Waals surface area contributed by atoms with Crippen molar-refractivity contribution in [3.8, 4) is 0 Å². The molecule has 0 amide bonds. The second-order valence-electron chi connectivity index (χ2n) is 23.1. The molecule has 0 aromatic rings. The SMILES string of the molecule is CC/C=C\C/C=C\C/C=C\CCCCCC(=O)OCC(COC(=O)CCCCCCCCCCCCCCCCCCCC/C=C\C/C=C\C/C=C\CCCCCCC)OC(=O)CCCCCCCCCCCCCCCCC. The number of hydrogen-bond acceptors (Lipinski definition) is 6. The highest BCUT2D eigenvalue weighted by Gasteiger charge is 2.19. The summed E-state index contributed by atoms with van der Waals surface area (Å²) in [5, 5.41) is 0. The number of esters is 3. The number of rotatable bonds is 63. The van der Waals surface area contributed by atoms with Crippen LogP contribution in [0.4, 0.5) is 0 Å². The quantitative estimate of drug-likeness (QED) is 0.0261. The molecule has 0 rings (SSSR count). The Hall–Kier alpha value is -3.15. The first kappa shape index (κ1) is 75.8. The van der Waals surface area contributed by atoms with E-state index in [0.29, 0.717) is 19.3 Å². The van der Waals surface area contributed by atoms with Gasteiger partial charge in [-0.1, -0.05) is 318 Å². The minimum absolute atomic E-state index is 0.0801. The molecule has 0 aliphatic rings. The molecule has 0 aliphatic carbocycles. The zero-order chi connectivity index (χ0) is 57.1. The summed E-state index contributed by atoms with van der Waals surface area (Å²) in [6.07, 6.45) is 88.0. The van der Waals surface area contributed by atoms with Crippen LogP contribution in [0.25, 0.3) is 0 Å². The third-order valence-corrected chi connectivity index (χ3v) is 15.2. The van der Waals surface area contributed by atoms with Crippen LogP contribution in [0.15, 0.2) is 72.9 Å². The van der Waals surface area contributed by atoms with E-state index in [2.05, 4.69) is 93.7 Å². The molecule has 458 valence electrons. The minimum atomic E-state index is -0.785. The topological polar surface area (TPSA) is 78.9 Å². The van der Waals surface area contributed by atoms with Gasteiger partial charge in [0.25, 0.3) is 0 Å². The lowest BCUT2D eigenvalue weighted by Crippen LogP contribution is -2.30. The van der Waals surface area contributed by atoms with Gasteiger partial charge in [0.2, 0.25) is 0 Å². The monoisotopic (exact) mass is 1100 g/mol. The van der Waals surface area contributed by atoms with E-state index in [0.717, 1.165) is 96.3 Å². The van der Waals surface area contributed by atoms with Gasteiger partial charge in [-0.15, -0.1) is 0 Å². The molecule has 0 bridgehead atoms. The molecule has 0 N–H and O–H groups in total. The van der Waals surface area contributed by atoms with Crippen LogP contribution >= 0.6 is 0 Å². The molecule has 0 aromatic carbocycles. The van der Waals surface area contributed by atoms with Crippen molar-refractivity contribution in [2.45, 2.75) is 361 Å². The molecule has 1 unspecified atom stereocenters. The van der Waals surface area contributed by atoms with Crippen molar-refractivity contribution in [2.75, 3.05) is 13.2 Å². The second-order valence-corrected chi connectivity index (χ2v) is 23.1. The van der Waals surface area contributed by atoms with Crippen LogP contribution in [-0.4, -0.2) is 37.2 Å². The highest BCUT2D eigenvalue weighted by Crippen LogP contribution is 2.18. The predicted molar refractivity (Wildman–Crippen MR) is 344 cm³/mol. The van der Waals surface area contributed by atoms with Crippen LogP contribution in [0.3, 0.4) is 0 Å². The lowest BCUT2D eigenvalue weighted by Gasteiger charge is -2.18. The summed E-state index contributed by atoms with van der Waals surface area (Å²) < 4.78 is 16.9. The Balaban J connectivity index is 4.13. The van der Waals surface area contributed by atoms with Gasteiger partial charge >= 0.3 is 17.9 Å². The third kappa shape index (κ3) is 65.5. The molecule has 0 saturated carbocycles. The normalized spacial score (nSPS) is 12.5. The van der Waals surface area contributed by atoms with E-state index in [1.807, 2.05) is 0 Å². The maximum atomic E-state index is 12.9. The smallest absolute Gasteiger partial charge is 0.306 e. The molecule has 0 spiro atoms. The van der Waals surface area contributed by atoms with Gasteiger partial charge in [-0.2, -0.15) is 0 Å². The van der Waals surface area contributed by atoms with Crippen LogP contribution in [0, 0.1) is 0 Å². The molecule has 0 heterocycles. The van der Waals surface area contributed by atoms with Crippen LogP contribution in [-0.2, 0) is 28.6 Å². The van der Waals surface area contributed by atoms with Gasteiger partial charge in [0.15, 0.2) is 6.10 Å². The van der Waals surface area contributed by atoms with Crippen molar-refractivity contribution < 1.29 is 28.6 Å². The largest absolute Gasteiger partial charge is 0.462 e. The molecule has 0 aliphatic heterocycles. The van der Waals surface area contributed by atoms with E-state index < -0.39 is 6.10 Å². The van der Waals surface area contributed by atoms with Crippen molar-refractivity contribution in [3.63, 3.8) is 0 Å². The summed E-state index contributed by atoms with van der Waals surface area (Å²) in [7, 11) is 0. The first-order valence-corrected chi connectivity index (χ1v) is 34.4. The van der Waals surface area contributed by atoms with E-state index in [1.165, 1.54) is 218 Å². The van der Waals surface area contributed by atoms with Gasteiger partial charge in [0.05, 0.1) is 0 Å². The maximum Gasteiger partial charge on any atom is 0.306 e. The summed E-state index contributed by atoms with van der Waals surface area (Å²) in [5.41, 5.74) is 0. The molecular formula is C73H130O6. The fraction of sp³-hybridized carbons (Fsp3) is 0.795. The lowest BCUT2D eigenvalue weighted by molar-refractivity contribution is -0.167. The number of hydrogen-bond donors (Lipinski definition) is 0. The van der Waals surface area contributed by atoms with Crippen molar-refractivity contribution in [1.82, 2.24) is 0 Å². The van der Waals surface area contributed by atoms with Crippen molar-refractivity contribution in [1.29, 1.82) is 0 Å². The fourth-order valence-electron chi connectivity index (χ4n) is 10.1. The number of carbonyl (C=O) groups excluding carboxylic acids is 3. The average molecular weight is 1100 g/mol. The average Bonchev–Trinajstić information content (AvgIpc) is 3.45. The van der Waals surface area contributed by atoms with E-state index in [-0.39, 0.29) is 31.1 Å². The Morgan fingerprint density at radius 3 is 0.785 bits per heavy atom. The molecular weight excluding hydrogens is 973 g/mol. The van der Waals surface area contributed by atoms with Gasteiger partial charge < -0.3 is 14.2 Å². The molecule has 0 aromatic heterocycles. The van der Waals surface area contributed by atoms with Gasteiger partial charge in [-0.05, 0) is 89.9 Å². The molecule has 6 nitrogen and oxygen atoms in total. The van der Waals surface area contributed by atoms with Crippen molar-refractivity contribution >= 4 is 17.9 Å². The Labute approximate surface area is 491 Å². The lowest BCUT2D eigenvalue weighted by atomic mass is 10.0. The number of carbonyl (C=O) groups is 3. The fourth-order valence-corrected chi connectivity index (χ4v) is 10.1. The molecule has 0 radical (unpaired) electrons. The Morgan fingerprint density at radius 2 is 0.494 bits per heavy atom. The zero-order valence-electron chi connectivity index (χ0n) is 52.6. The van der Waals surface area contributed by atoms with Gasteiger partial charge in [-0.25, -0.2) is 0 Å². The van der Waals surface area contributed by atoms with Gasteiger partial charge in [0.1, 0.15) is 13.2 Å². The second kappa shape index (κ2) is 67.4. The first-order valence-electron chi connectivity index (χ1n) is 34.4. The van der Waals surface area contributed by atoms with E-state index in [1.54, 1.807) is 0 Å². The Morgan fingerprint density at radius 1 is 0.266 bits per heavy atom. The Kier molecular flexibility index (Phi) is 64.7. The van der Waals surface area contributed by atoms with Gasteiger partial charge in [0, 0.05) is 19.3 Å². The minimum Gasteiger partial charge on any atom is -0.462 e. The summed E-state index contributed by atoms with van der Waals surface area (Å²) in [6, 6.07) is 0. The maximum absolute atomic E-state index is 12.9. The number of allylic oxidation sites excluding steroid dienone is 12. The van der Waals surface area contributed by atoms with Crippen LogP contribution < -0.4 is 0 Å². The highest BCUT2D eigenvalue weighted by atomic mass is 16.6. The van der Waals surface area contributed by atoms with Crippen molar-refractivity contribution in [3.05, 3.63) is 72.9 Å². The van der Waals surface area contributed by atoms with Crippen LogP contribution in [0.1, 0.15) is 355 Å². The van der Waals surface area contributed by atoms with Crippen LogP contribution in [0.5, 0.6) is 0 Å². The third-order valence-electron chi connectivity index (χ3n) is 15.2. The summed E-state index contributed by atoms with van der Waals surface area (Å²) in [5.74, 6) is -0.892. The zero-order valence-corrected chi connectivity index (χ0v) is 52.6. The molecule has 1 atom stereocenters. The van der Waals surface area contributed by atoms with Crippen LogP contribution in [0.2, 0.25) is 0 Å². The summed E-state index contributed by atoms with van der Waals surface area (Å²) in [6.45, 7) is 6.53. The highest BCUT2D eigenvalue weighted by molar-refractivity contribution is 5.71. The number of unbranched alkanes of at least 4 members (excludes halogenated alkanes) is 40. The molecule has 6 heteroatoms.